The zero-order valence-electron chi connectivity index (χ0n) is 16.4. The number of anilines is 2. The van der Waals surface area contributed by atoms with Gasteiger partial charge < -0.3 is 10.2 Å². The first kappa shape index (κ1) is 20.7. The van der Waals surface area contributed by atoms with E-state index in [1.54, 1.807) is 19.1 Å². The number of hydrogen-bond donors (Lipinski definition) is 1. The van der Waals surface area contributed by atoms with E-state index in [1.807, 2.05) is 28.8 Å². The maximum absolute atomic E-state index is 13.4. The number of nitrogens with one attached hydrogen (secondary N) is 1. The zero-order valence-corrected chi connectivity index (χ0v) is 18.0. The number of nitrogens with zero attached hydrogens (tertiary/aromatic N) is 4. The molecule has 2 aromatic carbocycles. The summed E-state index contributed by atoms with van der Waals surface area (Å²) in [5, 5.41) is 12.3. The third-order valence-electron chi connectivity index (χ3n) is 4.82. The molecule has 0 radical (unpaired) electrons. The molecule has 0 saturated carbocycles. The monoisotopic (exact) mass is 445 g/mol. The number of carbonyl (C=O) groups is 1. The number of amides is 1. The van der Waals surface area contributed by atoms with Crippen LogP contribution in [0.25, 0.3) is 5.69 Å². The molecule has 0 bridgehead atoms. The Balaban J connectivity index is 1.59. The van der Waals surface area contributed by atoms with Crippen molar-refractivity contribution in [2.45, 2.75) is 30.2 Å². The molecule has 1 amide bonds. The van der Waals surface area contributed by atoms with Crippen molar-refractivity contribution in [3.8, 4) is 5.69 Å². The summed E-state index contributed by atoms with van der Waals surface area (Å²) in [5.41, 5.74) is 1.26. The van der Waals surface area contributed by atoms with E-state index in [4.69, 9.17) is 11.6 Å². The highest BCUT2D eigenvalue weighted by Crippen LogP contribution is 2.31. The smallest absolute Gasteiger partial charge is 0.237 e. The number of hydrogen-bond acceptors (Lipinski definition) is 5. The maximum Gasteiger partial charge on any atom is 0.237 e. The van der Waals surface area contributed by atoms with Crippen molar-refractivity contribution >= 4 is 40.9 Å². The van der Waals surface area contributed by atoms with Gasteiger partial charge in [-0.05, 0) is 56.2 Å². The van der Waals surface area contributed by atoms with Gasteiger partial charge in [-0.15, -0.1) is 10.2 Å². The van der Waals surface area contributed by atoms with Crippen LogP contribution in [0.15, 0.2) is 53.7 Å². The molecule has 9 heteroatoms. The van der Waals surface area contributed by atoms with Gasteiger partial charge in [0.05, 0.1) is 10.9 Å². The van der Waals surface area contributed by atoms with Gasteiger partial charge in [-0.25, -0.2) is 4.39 Å². The van der Waals surface area contributed by atoms with Crippen molar-refractivity contribution in [1.29, 1.82) is 0 Å². The molecule has 156 valence electrons. The number of carbonyl (C=O) groups excluding carboxylic acids is 1. The fourth-order valence-electron chi connectivity index (χ4n) is 3.32. The summed E-state index contributed by atoms with van der Waals surface area (Å²) in [5.74, 6) is 0.105. The minimum atomic E-state index is -0.471. The third kappa shape index (κ3) is 4.60. The summed E-state index contributed by atoms with van der Waals surface area (Å²) in [7, 11) is 0. The van der Waals surface area contributed by atoms with E-state index in [0.29, 0.717) is 15.9 Å². The lowest BCUT2D eigenvalue weighted by molar-refractivity contribution is -0.115. The minimum Gasteiger partial charge on any atom is -0.341 e. The minimum absolute atomic E-state index is 0.242. The van der Waals surface area contributed by atoms with Crippen LogP contribution in [0.3, 0.4) is 0 Å². The number of benzene rings is 2. The second kappa shape index (κ2) is 9.06. The molecule has 30 heavy (non-hydrogen) atoms. The summed E-state index contributed by atoms with van der Waals surface area (Å²) in [6.45, 7) is 3.61. The Kier molecular flexibility index (Phi) is 6.24. The van der Waals surface area contributed by atoms with Crippen LogP contribution < -0.4 is 10.2 Å². The van der Waals surface area contributed by atoms with E-state index in [2.05, 4.69) is 20.4 Å². The molecular formula is C21H21ClFN5OS. The molecule has 6 nitrogen and oxygen atoms in total. The van der Waals surface area contributed by atoms with E-state index in [0.717, 1.165) is 37.6 Å². The predicted molar refractivity (Wildman–Crippen MR) is 118 cm³/mol. The lowest BCUT2D eigenvalue weighted by atomic mass is 10.3. The van der Waals surface area contributed by atoms with Crippen molar-refractivity contribution in [2.75, 3.05) is 23.3 Å². The zero-order chi connectivity index (χ0) is 21.1. The molecule has 4 rings (SSSR count). The van der Waals surface area contributed by atoms with E-state index in [9.17, 15) is 9.18 Å². The standard InChI is InChI=1S/C21H21ClFN5OS/c1-14(19(29)24-17-8-5-7-16(23)13-17)30-21-26-25-20(27-10-2-3-11-27)28(21)18-9-4-6-15(22)12-18/h4-9,12-14H,2-3,10-11H2,1H3,(H,24,29). The fraction of sp³-hybridized carbons (Fsp3) is 0.286. The van der Waals surface area contributed by atoms with Crippen molar-refractivity contribution in [1.82, 2.24) is 14.8 Å². The highest BCUT2D eigenvalue weighted by Gasteiger charge is 2.25. The van der Waals surface area contributed by atoms with E-state index in [1.165, 1.54) is 23.9 Å². The van der Waals surface area contributed by atoms with Crippen LogP contribution in [-0.2, 0) is 4.79 Å². The number of rotatable bonds is 6. The summed E-state index contributed by atoms with van der Waals surface area (Å²) in [4.78, 5) is 14.8. The highest BCUT2D eigenvalue weighted by atomic mass is 35.5. The van der Waals surface area contributed by atoms with Gasteiger partial charge in [-0.3, -0.25) is 9.36 Å². The van der Waals surface area contributed by atoms with Gasteiger partial charge >= 0.3 is 0 Å². The summed E-state index contributed by atoms with van der Waals surface area (Å²) in [6.07, 6.45) is 2.22. The van der Waals surface area contributed by atoms with Gasteiger partial charge in [0.1, 0.15) is 5.82 Å². The van der Waals surface area contributed by atoms with Crippen LogP contribution in [0, 0.1) is 5.82 Å². The Bertz CT molecular complexity index is 1050. The van der Waals surface area contributed by atoms with Crippen LogP contribution in [0.2, 0.25) is 5.02 Å². The Hall–Kier alpha value is -2.58. The molecule has 1 saturated heterocycles. The van der Waals surface area contributed by atoms with Crippen molar-refractivity contribution in [2.24, 2.45) is 0 Å². The second-order valence-corrected chi connectivity index (χ2v) is 8.80. The lowest BCUT2D eigenvalue weighted by Gasteiger charge is -2.19. The van der Waals surface area contributed by atoms with Crippen LogP contribution in [0.1, 0.15) is 19.8 Å². The van der Waals surface area contributed by atoms with E-state index < -0.39 is 11.1 Å². The van der Waals surface area contributed by atoms with Crippen LogP contribution in [-0.4, -0.2) is 39.0 Å². The Morgan fingerprint density at radius 1 is 1.17 bits per heavy atom. The van der Waals surface area contributed by atoms with Gasteiger partial charge in [0.25, 0.3) is 0 Å². The first-order valence-corrected chi connectivity index (χ1v) is 11.0. The van der Waals surface area contributed by atoms with Gasteiger partial charge in [0.15, 0.2) is 5.16 Å². The van der Waals surface area contributed by atoms with Crippen LogP contribution in [0.4, 0.5) is 16.0 Å². The average molecular weight is 446 g/mol. The lowest BCUT2D eigenvalue weighted by Crippen LogP contribution is -2.24. The topological polar surface area (TPSA) is 63.1 Å². The molecule has 2 heterocycles. The van der Waals surface area contributed by atoms with Gasteiger partial charge in [0.2, 0.25) is 11.9 Å². The SMILES string of the molecule is CC(Sc1nnc(N2CCCC2)n1-c1cccc(Cl)c1)C(=O)Nc1cccc(F)c1. The molecule has 1 N–H and O–H groups in total. The van der Waals surface area contributed by atoms with Crippen molar-refractivity contribution in [3.05, 3.63) is 59.4 Å². The summed E-state index contributed by atoms with van der Waals surface area (Å²) < 4.78 is 15.3. The molecule has 1 aliphatic rings. The van der Waals surface area contributed by atoms with E-state index in [-0.39, 0.29) is 5.91 Å². The molecule has 1 unspecified atom stereocenters. The van der Waals surface area contributed by atoms with Gasteiger partial charge in [-0.2, -0.15) is 0 Å². The van der Waals surface area contributed by atoms with Crippen molar-refractivity contribution in [3.63, 3.8) is 0 Å². The van der Waals surface area contributed by atoms with Crippen molar-refractivity contribution < 1.29 is 9.18 Å². The number of thioether (sulfide) groups is 1. The summed E-state index contributed by atoms with van der Waals surface area (Å²) >= 11 is 7.51. The molecule has 0 spiro atoms. The Morgan fingerprint density at radius 2 is 1.93 bits per heavy atom. The largest absolute Gasteiger partial charge is 0.341 e. The molecule has 0 aliphatic carbocycles. The average Bonchev–Trinajstić information content (AvgIpc) is 3.37. The Labute approximate surface area is 183 Å². The second-order valence-electron chi connectivity index (χ2n) is 7.05. The molecule has 1 aromatic heterocycles. The van der Waals surface area contributed by atoms with Crippen LogP contribution in [0.5, 0.6) is 0 Å². The molecular weight excluding hydrogens is 425 g/mol. The number of halogens is 2. The molecule has 1 fully saturated rings. The summed E-state index contributed by atoms with van der Waals surface area (Å²) in [6, 6.07) is 13.3. The first-order chi connectivity index (χ1) is 14.5. The molecule has 1 atom stereocenters. The molecule has 3 aromatic rings. The fourth-order valence-corrected chi connectivity index (χ4v) is 4.37. The Morgan fingerprint density at radius 3 is 2.67 bits per heavy atom. The number of aromatic nitrogens is 3. The highest BCUT2D eigenvalue weighted by molar-refractivity contribution is 8.00. The molecule has 1 aliphatic heterocycles. The quantitative estimate of drug-likeness (QED) is 0.553. The van der Waals surface area contributed by atoms with E-state index >= 15 is 0 Å². The van der Waals surface area contributed by atoms with Gasteiger partial charge in [-0.1, -0.05) is 35.5 Å². The normalized spacial score (nSPS) is 14.7. The third-order valence-corrected chi connectivity index (χ3v) is 6.09. The first-order valence-electron chi connectivity index (χ1n) is 9.70. The predicted octanol–water partition coefficient (Wildman–Crippen LogP) is 4.78. The van der Waals surface area contributed by atoms with Crippen LogP contribution >= 0.6 is 23.4 Å². The maximum atomic E-state index is 13.4. The van der Waals surface area contributed by atoms with Gasteiger partial charge in [0, 0.05) is 23.8 Å².